The number of nitrogens with one attached hydrogen (secondary N) is 3. The lowest BCUT2D eigenvalue weighted by atomic mass is 9.91. The number of hydrogen-bond acceptors (Lipinski definition) is 13. The molecule has 2 saturated heterocycles. The van der Waals surface area contributed by atoms with E-state index in [1.165, 1.54) is 89.8 Å². The van der Waals surface area contributed by atoms with Crippen molar-refractivity contribution in [3.8, 4) is 0 Å². The molecular formula is C63H111N11O13. The van der Waals surface area contributed by atoms with Crippen molar-refractivity contribution in [2.75, 3.05) is 56.0 Å². The van der Waals surface area contributed by atoms with Crippen LogP contribution in [0.25, 0.3) is 0 Å². The lowest BCUT2D eigenvalue weighted by Crippen LogP contribution is -2.76. The minimum Gasteiger partial charge on any atom is -0.390 e. The summed E-state index contributed by atoms with van der Waals surface area (Å²) in [5, 5.41) is 22.8. The van der Waals surface area contributed by atoms with Gasteiger partial charge in [-0.15, -0.1) is 0 Å². The Balaban J connectivity index is 3.10. The third-order valence-corrected chi connectivity index (χ3v) is 17.2. The Morgan fingerprint density at radius 1 is 0.506 bits per heavy atom. The summed E-state index contributed by atoms with van der Waals surface area (Å²) in [7, 11) is 9.84. The molecule has 0 unspecified atom stereocenters. The second kappa shape index (κ2) is 34.0. The van der Waals surface area contributed by atoms with Crippen LogP contribution in [0.15, 0.2) is 12.2 Å². The van der Waals surface area contributed by atoms with Crippen LogP contribution >= 0.6 is 0 Å². The Morgan fingerprint density at radius 3 is 1.51 bits per heavy atom. The fraction of sp³-hybridized carbons (Fsp3) is 0.794. The minimum absolute atomic E-state index is 0.000887. The van der Waals surface area contributed by atoms with Crippen LogP contribution < -0.4 is 16.0 Å². The van der Waals surface area contributed by atoms with E-state index in [9.17, 15) is 43.5 Å². The molecule has 0 aromatic carbocycles. The zero-order valence-electron chi connectivity index (χ0n) is 57.0. The second-order valence-corrected chi connectivity index (χ2v) is 26.4. The van der Waals surface area contributed by atoms with Crippen LogP contribution in [-0.4, -0.2) is 238 Å². The van der Waals surface area contributed by atoms with Crippen LogP contribution in [0, 0.1) is 41.4 Å². The van der Waals surface area contributed by atoms with Gasteiger partial charge in [-0.2, -0.15) is 0 Å². The zero-order valence-corrected chi connectivity index (χ0v) is 57.0. The maximum absolute atomic E-state index is 15.2. The topological polar surface area (TPSA) is 279 Å². The zero-order chi connectivity index (χ0) is 67.1. The average molecular weight is 1230 g/mol. The summed E-state index contributed by atoms with van der Waals surface area (Å²) in [6, 6.07) is -14.1. The quantitative estimate of drug-likeness (QED) is 0.152. The first-order chi connectivity index (χ1) is 40.3. The van der Waals surface area contributed by atoms with E-state index >= 15 is 14.4 Å². The number of methoxy groups -OCH3 is 1. The molecule has 0 saturated carbocycles. The maximum atomic E-state index is 15.2. The molecule has 24 heteroatoms. The number of likely N-dealkylation sites (N-methyl/N-ethyl adjacent to an activating group) is 6. The van der Waals surface area contributed by atoms with Crippen molar-refractivity contribution in [1.82, 2.24) is 55.4 Å². The van der Waals surface area contributed by atoms with Crippen molar-refractivity contribution in [2.24, 2.45) is 41.4 Å². The lowest BCUT2D eigenvalue weighted by molar-refractivity contribution is -0.211. The summed E-state index contributed by atoms with van der Waals surface area (Å²) in [4.78, 5) is 170. The number of aliphatic hydroxyl groups is 1. The summed E-state index contributed by atoms with van der Waals surface area (Å²) >= 11 is 0. The van der Waals surface area contributed by atoms with Crippen LogP contribution in [0.5, 0.6) is 0 Å². The largest absolute Gasteiger partial charge is 0.390 e. The molecule has 0 radical (unpaired) electrons. The van der Waals surface area contributed by atoms with E-state index in [-0.39, 0.29) is 50.0 Å². The number of rotatable bonds is 17. The van der Waals surface area contributed by atoms with Crippen molar-refractivity contribution in [3.63, 3.8) is 0 Å². The minimum atomic E-state index is -1.64. The van der Waals surface area contributed by atoms with Crippen molar-refractivity contribution in [2.45, 2.75) is 229 Å². The SMILES string of the molecule is C/C=C/C[C@@H](C)[C@@H](O)[C@H]1C(=O)N[C@@H](CC)C(=O)N(C)[C@H](C)C(=O)N(C)[C@@H]([C@H](C)COC)C(=O)N[C@@H](C(C)C)C(=O)N(C)[C@@H](CCC(C)C)C(=O)N[C@@H](C)C(=O)N2[C@H](C)C(=O)N2[C@@H](CC(C)C)C(=O)N(C)[C@@H](CC(C)C)C(=O)N(C)[C@@H](C(C)C)C(=O)N1C. The van der Waals surface area contributed by atoms with Crippen LogP contribution in [0.2, 0.25) is 0 Å². The summed E-state index contributed by atoms with van der Waals surface area (Å²) in [6.45, 7) is 29.4. The highest BCUT2D eigenvalue weighted by atomic mass is 16.5. The smallest absolute Gasteiger partial charge is 0.266 e. The highest BCUT2D eigenvalue weighted by Gasteiger charge is 2.54. The van der Waals surface area contributed by atoms with Gasteiger partial charge in [-0.3, -0.25) is 52.7 Å². The molecule has 0 spiro atoms. The first-order valence-electron chi connectivity index (χ1n) is 31.3. The molecule has 2 aliphatic rings. The predicted molar refractivity (Wildman–Crippen MR) is 332 cm³/mol. The monoisotopic (exact) mass is 1230 g/mol. The number of nitrogens with zero attached hydrogens (tertiary/aromatic N) is 8. The molecule has 0 aliphatic carbocycles. The second-order valence-electron chi connectivity index (χ2n) is 26.4. The average Bonchev–Trinajstić information content (AvgIpc) is 0.801. The van der Waals surface area contributed by atoms with Gasteiger partial charge in [0.1, 0.15) is 66.5 Å². The van der Waals surface area contributed by atoms with Gasteiger partial charge in [0.05, 0.1) is 12.7 Å². The van der Waals surface area contributed by atoms with E-state index < -0.39 is 161 Å². The summed E-state index contributed by atoms with van der Waals surface area (Å²) < 4.78 is 5.47. The third-order valence-electron chi connectivity index (χ3n) is 17.2. The Bertz CT molecular complexity index is 2440. The fourth-order valence-corrected chi connectivity index (χ4v) is 11.6. The Morgan fingerprint density at radius 2 is 1.01 bits per heavy atom. The van der Waals surface area contributed by atoms with E-state index in [4.69, 9.17) is 4.74 Å². The molecule has 14 atom stereocenters. The van der Waals surface area contributed by atoms with Gasteiger partial charge in [0, 0.05) is 55.3 Å². The van der Waals surface area contributed by atoms with Crippen molar-refractivity contribution >= 4 is 65.0 Å². The molecule has 4 N–H and O–H groups in total. The highest BCUT2D eigenvalue weighted by molar-refractivity contribution is 6.02. The van der Waals surface area contributed by atoms with Crippen molar-refractivity contribution in [3.05, 3.63) is 12.2 Å². The van der Waals surface area contributed by atoms with Crippen molar-refractivity contribution < 1.29 is 62.6 Å². The summed E-state index contributed by atoms with van der Waals surface area (Å²) in [5.74, 6) is -10.5. The van der Waals surface area contributed by atoms with Crippen LogP contribution in [0.3, 0.4) is 0 Å². The molecule has 2 heterocycles. The Labute approximate surface area is 519 Å². The molecule has 2 aliphatic heterocycles. The maximum Gasteiger partial charge on any atom is 0.266 e. The number of carbonyl (C=O) groups is 11. The molecule has 0 bridgehead atoms. The van der Waals surface area contributed by atoms with Crippen molar-refractivity contribution in [1.29, 1.82) is 0 Å². The number of hydrazine groups is 1. The molecule has 0 aromatic rings. The number of allylic oxidation sites excluding steroid dienone is 2. The molecule has 496 valence electrons. The fourth-order valence-electron chi connectivity index (χ4n) is 11.6. The lowest BCUT2D eigenvalue weighted by Gasteiger charge is -2.53. The predicted octanol–water partition coefficient (Wildman–Crippen LogP) is 3.30. The Kier molecular flexibility index (Phi) is 30.0. The van der Waals surface area contributed by atoms with E-state index in [2.05, 4.69) is 16.0 Å². The summed E-state index contributed by atoms with van der Waals surface area (Å²) in [5.41, 5.74) is 0. The normalized spacial score (nSPS) is 28.1. The van der Waals surface area contributed by atoms with Crippen LogP contribution in [0.1, 0.15) is 156 Å². The van der Waals surface area contributed by atoms with Gasteiger partial charge in [-0.1, -0.05) is 102 Å². The number of amides is 11. The molecule has 24 nitrogen and oxygen atoms in total. The molecule has 2 fully saturated rings. The van der Waals surface area contributed by atoms with E-state index in [1.54, 1.807) is 67.5 Å². The third kappa shape index (κ3) is 18.9. The number of fused-ring (bicyclic) bond motifs is 1. The van der Waals surface area contributed by atoms with Gasteiger partial charge in [-0.25, -0.2) is 10.0 Å². The van der Waals surface area contributed by atoms with Gasteiger partial charge < -0.3 is 55.2 Å². The first-order valence-corrected chi connectivity index (χ1v) is 31.3. The van der Waals surface area contributed by atoms with E-state index in [0.717, 1.165) is 19.8 Å². The molecule has 87 heavy (non-hydrogen) atoms. The number of aliphatic hydroxyl groups excluding tert-OH is 1. The highest BCUT2D eigenvalue weighted by Crippen LogP contribution is 2.31. The molecule has 2 rings (SSSR count). The molecule has 0 aromatic heterocycles. The van der Waals surface area contributed by atoms with E-state index in [0.29, 0.717) is 12.8 Å². The van der Waals surface area contributed by atoms with Gasteiger partial charge in [0.25, 0.3) is 11.8 Å². The van der Waals surface area contributed by atoms with Crippen LogP contribution in [-0.2, 0) is 57.5 Å². The van der Waals surface area contributed by atoms with E-state index in [1.807, 2.05) is 41.5 Å². The van der Waals surface area contributed by atoms with Gasteiger partial charge in [0.2, 0.25) is 53.2 Å². The standard InChI is InChI=1S/C63H111N11O13/c1-25-27-28-39(13)52(75)51-55(78)65-44(26-2)59(82)67(18)42(16)57(80)71(22)50(40(14)33-87-24)54(77)66-48(37(9)10)62(85)68(19)45(30-29-34(3)4)53(76)64-41(15)56(79)73-43(17)58(81)74(73)47(32-36(7)8)61(84)69(20)46(31-35(5)6)60(83)70(21)49(38(11)12)63(86)72(51)23/h25,27,34-52,75H,26,28-33H2,1-24H3,(H,64,76)(H,65,78)(H,66,77)/b27-25+/t39-,40-,41+,42-,43-,44+,45+,46+,47+,48+,49+,50+,51+,52-/m1/s1. The van der Waals surface area contributed by atoms with Crippen LogP contribution in [0.4, 0.5) is 0 Å². The number of hydrogen-bond donors (Lipinski definition) is 4. The summed E-state index contributed by atoms with van der Waals surface area (Å²) in [6.07, 6.45) is 3.14. The first kappa shape index (κ1) is 76.9. The van der Waals surface area contributed by atoms with Gasteiger partial charge in [0.15, 0.2) is 0 Å². The van der Waals surface area contributed by atoms with Gasteiger partial charge in [-0.05, 0) is 102 Å². The molecular weight excluding hydrogens is 1120 g/mol. The molecule has 11 amide bonds. The number of carbonyl (C=O) groups excluding carboxylic acids is 11. The Hall–Kier alpha value is -6.17. The van der Waals surface area contributed by atoms with Gasteiger partial charge >= 0.3 is 0 Å². The number of ether oxygens (including phenoxy) is 1.